The molecule has 3 aliphatic heterocycles. The van der Waals surface area contributed by atoms with E-state index in [0.29, 0.717) is 39.8 Å². The third-order valence-corrected chi connectivity index (χ3v) is 10.3. The van der Waals surface area contributed by atoms with E-state index in [1.807, 2.05) is 4.90 Å². The number of carbonyl (C=O) groups is 1. The van der Waals surface area contributed by atoms with Crippen LogP contribution in [0.3, 0.4) is 0 Å². The van der Waals surface area contributed by atoms with Crippen LogP contribution in [-0.4, -0.2) is 82.8 Å². The highest BCUT2D eigenvalue weighted by Crippen LogP contribution is 2.42. The molecule has 0 aliphatic carbocycles. The zero-order chi connectivity index (χ0) is 32.2. The Balaban J connectivity index is 1.31. The van der Waals surface area contributed by atoms with E-state index in [9.17, 15) is 23.2 Å². The topological polar surface area (TPSA) is 85.6 Å². The normalized spacial score (nSPS) is 23.2. The van der Waals surface area contributed by atoms with Gasteiger partial charge in [-0.05, 0) is 43.1 Å². The lowest BCUT2D eigenvalue weighted by molar-refractivity contribution is -0.131. The van der Waals surface area contributed by atoms with Crippen molar-refractivity contribution in [1.29, 1.82) is 5.26 Å². The highest BCUT2D eigenvalue weighted by atomic mass is 32.1. The molecule has 46 heavy (non-hydrogen) atoms. The molecule has 0 bridgehead atoms. The third-order valence-electron chi connectivity index (χ3n) is 9.42. The van der Waals surface area contributed by atoms with Crippen LogP contribution in [0.4, 0.5) is 23.4 Å². The molecule has 3 fully saturated rings. The van der Waals surface area contributed by atoms with Crippen molar-refractivity contribution < 1.29 is 27.1 Å². The fourth-order valence-electron chi connectivity index (χ4n) is 7.30. The van der Waals surface area contributed by atoms with E-state index >= 15 is 4.39 Å². The van der Waals surface area contributed by atoms with E-state index in [1.165, 1.54) is 11.0 Å². The highest BCUT2D eigenvalue weighted by Gasteiger charge is 2.49. The molecule has 0 saturated carbocycles. The van der Waals surface area contributed by atoms with Crippen LogP contribution < -0.4 is 9.64 Å². The Hall–Kier alpha value is -4.28. The maximum atomic E-state index is 16.6. The second-order valence-corrected chi connectivity index (χ2v) is 13.2. The lowest BCUT2D eigenvalue weighted by Crippen LogP contribution is -2.55. The van der Waals surface area contributed by atoms with Crippen LogP contribution in [0.15, 0.2) is 48.8 Å². The number of hydrogen-bond acceptors (Lipinski definition) is 8. The number of fused-ring (bicyclic) bond motifs is 3. The van der Waals surface area contributed by atoms with Gasteiger partial charge in [0.15, 0.2) is 16.8 Å². The first-order chi connectivity index (χ1) is 22.2. The van der Waals surface area contributed by atoms with Gasteiger partial charge in [-0.25, -0.2) is 13.2 Å². The molecule has 13 heteroatoms. The fraction of sp³-hybridized carbons (Fsp3) is 0.394. The molecular weight excluding hydrogens is 620 g/mol. The minimum atomic E-state index is -1.11. The van der Waals surface area contributed by atoms with Gasteiger partial charge in [-0.15, -0.1) is 11.3 Å². The lowest BCUT2D eigenvalue weighted by atomic mass is 9.95. The first kappa shape index (κ1) is 30.4. The number of benzene rings is 2. The van der Waals surface area contributed by atoms with E-state index < -0.39 is 35.3 Å². The summed E-state index contributed by atoms with van der Waals surface area (Å²) >= 11 is 0.976. The van der Waals surface area contributed by atoms with Gasteiger partial charge in [0, 0.05) is 53.6 Å². The fourth-order valence-corrected chi connectivity index (χ4v) is 8.11. The van der Waals surface area contributed by atoms with Crippen LogP contribution in [0.5, 0.6) is 6.01 Å². The van der Waals surface area contributed by atoms with Crippen LogP contribution in [0, 0.1) is 22.3 Å². The van der Waals surface area contributed by atoms with Crippen molar-refractivity contribution >= 4 is 44.1 Å². The van der Waals surface area contributed by atoms with Crippen molar-refractivity contribution in [2.45, 2.75) is 43.4 Å². The number of nitriles is 1. The van der Waals surface area contributed by atoms with Crippen molar-refractivity contribution in [3.8, 4) is 23.2 Å². The van der Waals surface area contributed by atoms with E-state index in [2.05, 4.69) is 22.5 Å². The first-order valence-electron chi connectivity index (χ1n) is 15.2. The van der Waals surface area contributed by atoms with Gasteiger partial charge in [0.25, 0.3) is 5.91 Å². The number of piperazine rings is 1. The molecule has 238 valence electrons. The number of carbonyl (C=O) groups excluding carboxylic acids is 1. The highest BCUT2D eigenvalue weighted by molar-refractivity contribution is 7.17. The first-order valence-corrected chi connectivity index (χ1v) is 16.0. The van der Waals surface area contributed by atoms with Crippen molar-refractivity contribution in [1.82, 2.24) is 19.8 Å². The molecule has 3 saturated heterocycles. The van der Waals surface area contributed by atoms with Crippen LogP contribution in [0.25, 0.3) is 32.1 Å². The standard InChI is InChI=1S/C33H30F4N6O2S/c1-19(34)31(44)43-13-12-41(17-21(43)8-10-38)30-24-7-6-23(22-4-2-5-26-25(22)14-27(36)46-26)28(37)29(24)39-32(40-30)45-18-33-9-3-11-42(33)16-20(35)15-33/h2,4-7,14,20-21H,1,3,8-9,11-13,15-18H2/t20-,21+,33+/m1/s1. The van der Waals surface area contributed by atoms with Gasteiger partial charge in [0.1, 0.15) is 24.1 Å². The molecular formula is C33H30F4N6O2S. The summed E-state index contributed by atoms with van der Waals surface area (Å²) in [5, 5.41) is 10.0. The molecule has 3 atom stereocenters. The Morgan fingerprint density at radius 3 is 2.78 bits per heavy atom. The minimum absolute atomic E-state index is 0.0201. The average Bonchev–Trinajstić information content (AvgIpc) is 3.70. The van der Waals surface area contributed by atoms with Gasteiger partial charge in [0.2, 0.25) is 0 Å². The van der Waals surface area contributed by atoms with E-state index in [4.69, 9.17) is 9.72 Å². The predicted octanol–water partition coefficient (Wildman–Crippen LogP) is 6.16. The molecule has 0 radical (unpaired) electrons. The number of rotatable bonds is 7. The summed E-state index contributed by atoms with van der Waals surface area (Å²) in [5.41, 5.74) is 0.221. The molecule has 1 amide bonds. The number of ether oxygens (including phenoxy) is 1. The summed E-state index contributed by atoms with van der Waals surface area (Å²) in [6.45, 7) is 4.78. The number of amides is 1. The van der Waals surface area contributed by atoms with Crippen LogP contribution >= 0.6 is 11.3 Å². The number of halogens is 4. The Kier molecular flexibility index (Phi) is 7.81. The molecule has 0 spiro atoms. The predicted molar refractivity (Wildman–Crippen MR) is 167 cm³/mol. The van der Waals surface area contributed by atoms with Gasteiger partial charge in [0.05, 0.1) is 24.1 Å². The summed E-state index contributed by atoms with van der Waals surface area (Å²) in [6, 6.07) is 11.2. The molecule has 3 aliphatic rings. The van der Waals surface area contributed by atoms with Gasteiger partial charge < -0.3 is 14.5 Å². The molecule has 2 aromatic heterocycles. The third kappa shape index (κ3) is 5.23. The number of anilines is 1. The smallest absolute Gasteiger partial charge is 0.319 e. The minimum Gasteiger partial charge on any atom is -0.461 e. The van der Waals surface area contributed by atoms with Crippen molar-refractivity contribution in [2.24, 2.45) is 0 Å². The monoisotopic (exact) mass is 650 g/mol. The Morgan fingerprint density at radius 2 is 1.98 bits per heavy atom. The largest absolute Gasteiger partial charge is 0.461 e. The van der Waals surface area contributed by atoms with Crippen molar-refractivity contribution in [3.63, 3.8) is 0 Å². The van der Waals surface area contributed by atoms with Crippen LogP contribution in [0.2, 0.25) is 0 Å². The number of alkyl halides is 1. The van der Waals surface area contributed by atoms with Gasteiger partial charge >= 0.3 is 6.01 Å². The second-order valence-electron chi connectivity index (χ2n) is 12.2. The van der Waals surface area contributed by atoms with E-state index in [-0.39, 0.29) is 54.9 Å². The summed E-state index contributed by atoms with van der Waals surface area (Å²) in [6.07, 6.45) is 0.988. The number of thiophene rings is 1. The quantitative estimate of drug-likeness (QED) is 0.175. The van der Waals surface area contributed by atoms with Gasteiger partial charge in [-0.1, -0.05) is 24.8 Å². The SMILES string of the molecule is C=C(F)C(=O)N1CCN(c2nc(OC[C@@]34CCCN3C[C@H](F)C4)nc3c(F)c(-c4cccc5sc(F)cc45)ccc23)C[C@@H]1CC#N. The molecule has 2 aromatic carbocycles. The number of nitrogens with zero attached hydrogens (tertiary/aromatic N) is 6. The summed E-state index contributed by atoms with van der Waals surface area (Å²) in [5.74, 6) is -2.31. The Bertz CT molecular complexity index is 1910. The number of aromatic nitrogens is 2. The van der Waals surface area contributed by atoms with Gasteiger partial charge in [-0.3, -0.25) is 9.69 Å². The van der Waals surface area contributed by atoms with Gasteiger partial charge in [-0.2, -0.15) is 19.6 Å². The lowest BCUT2D eigenvalue weighted by Gasteiger charge is -2.41. The molecule has 8 nitrogen and oxygen atoms in total. The second kappa shape index (κ2) is 11.8. The van der Waals surface area contributed by atoms with Crippen LogP contribution in [0.1, 0.15) is 25.7 Å². The zero-order valence-electron chi connectivity index (χ0n) is 24.8. The molecule has 4 aromatic rings. The Morgan fingerprint density at radius 1 is 1.13 bits per heavy atom. The molecule has 5 heterocycles. The maximum Gasteiger partial charge on any atom is 0.319 e. The van der Waals surface area contributed by atoms with E-state index in [0.717, 1.165) is 30.7 Å². The maximum absolute atomic E-state index is 16.6. The summed E-state index contributed by atoms with van der Waals surface area (Å²) in [4.78, 5) is 26.9. The van der Waals surface area contributed by atoms with Crippen LogP contribution in [-0.2, 0) is 4.79 Å². The van der Waals surface area contributed by atoms with Crippen molar-refractivity contribution in [2.75, 3.05) is 44.2 Å². The summed E-state index contributed by atoms with van der Waals surface area (Å²) < 4.78 is 65.9. The molecule has 0 N–H and O–H groups in total. The van der Waals surface area contributed by atoms with Crippen molar-refractivity contribution in [3.05, 3.63) is 59.8 Å². The number of hydrogen-bond donors (Lipinski definition) is 0. The summed E-state index contributed by atoms with van der Waals surface area (Å²) in [7, 11) is 0. The van der Waals surface area contributed by atoms with E-state index in [1.54, 1.807) is 30.3 Å². The molecule has 0 unspecified atom stereocenters. The Labute approximate surface area is 266 Å². The molecule has 7 rings (SSSR count). The average molecular weight is 651 g/mol. The zero-order valence-corrected chi connectivity index (χ0v) is 25.6.